The van der Waals surface area contributed by atoms with E-state index in [1.165, 1.54) is 0 Å². The van der Waals surface area contributed by atoms with Crippen LogP contribution in [0.2, 0.25) is 0 Å². The summed E-state index contributed by atoms with van der Waals surface area (Å²) in [4.78, 5) is 0. The summed E-state index contributed by atoms with van der Waals surface area (Å²) in [5.74, 6) is -0.646. The fourth-order valence-corrected chi connectivity index (χ4v) is 1.10. The molecule has 2 N–H and O–H groups in total. The molecule has 0 saturated heterocycles. The molecule has 0 amide bonds. The van der Waals surface area contributed by atoms with Crippen LogP contribution < -0.4 is 29.6 Å². The van der Waals surface area contributed by atoms with E-state index in [-0.39, 0.29) is 49.2 Å². The number of rotatable bonds is 7. The van der Waals surface area contributed by atoms with Gasteiger partial charge >= 0.3 is 29.6 Å². The van der Waals surface area contributed by atoms with Gasteiger partial charge in [-0.05, 0) is 6.42 Å². The topological polar surface area (TPSA) is 107 Å². The van der Waals surface area contributed by atoms with Gasteiger partial charge in [0.15, 0.2) is 6.29 Å². The Morgan fingerprint density at radius 1 is 1.43 bits per heavy atom. The van der Waals surface area contributed by atoms with Crippen molar-refractivity contribution in [1.82, 2.24) is 0 Å². The Morgan fingerprint density at radius 3 is 2.43 bits per heavy atom. The SMILES string of the molecule is O=S(=O)([O-])CCC(O)OCCCO.[Na+]. The molecule has 6 nitrogen and oxygen atoms in total. The standard InChI is InChI=1S/C6H14O6S.Na/c7-3-1-4-12-6(8)2-5-13(9,10)11;/h6-8H,1-5H2,(H,9,10,11);/q;+1/p-1. The first-order chi connectivity index (χ1) is 5.95. The summed E-state index contributed by atoms with van der Waals surface area (Å²) in [5, 5.41) is 17.3. The molecule has 0 rings (SSSR count). The van der Waals surface area contributed by atoms with Gasteiger partial charge in [-0.15, -0.1) is 0 Å². The molecule has 1 atom stereocenters. The molecule has 14 heavy (non-hydrogen) atoms. The number of ether oxygens (including phenoxy) is 1. The summed E-state index contributed by atoms with van der Waals surface area (Å²) in [7, 11) is -4.29. The molecular formula is C6H13NaO6S. The van der Waals surface area contributed by atoms with Crippen LogP contribution in [-0.2, 0) is 14.9 Å². The molecular weight excluding hydrogens is 223 g/mol. The molecule has 0 aliphatic rings. The summed E-state index contributed by atoms with van der Waals surface area (Å²) in [6.07, 6.45) is -1.13. The van der Waals surface area contributed by atoms with Crippen LogP contribution in [0.4, 0.5) is 0 Å². The predicted octanol–water partition coefficient (Wildman–Crippen LogP) is -4.36. The van der Waals surface area contributed by atoms with Crippen molar-refractivity contribution >= 4 is 10.1 Å². The van der Waals surface area contributed by atoms with Crippen molar-refractivity contribution in [3.8, 4) is 0 Å². The van der Waals surface area contributed by atoms with Gasteiger partial charge in [-0.3, -0.25) is 0 Å². The van der Waals surface area contributed by atoms with Crippen LogP contribution in [-0.4, -0.2) is 48.4 Å². The monoisotopic (exact) mass is 236 g/mol. The van der Waals surface area contributed by atoms with Gasteiger partial charge in [-0.2, -0.15) is 0 Å². The molecule has 0 aromatic rings. The largest absolute Gasteiger partial charge is 1.00 e. The zero-order chi connectivity index (χ0) is 10.3. The van der Waals surface area contributed by atoms with E-state index in [2.05, 4.69) is 4.74 Å². The predicted molar refractivity (Wildman–Crippen MR) is 42.8 cm³/mol. The van der Waals surface area contributed by atoms with Gasteiger partial charge in [0.05, 0.1) is 16.7 Å². The Kier molecular flexibility index (Phi) is 11.1. The number of hydrogen-bond acceptors (Lipinski definition) is 6. The van der Waals surface area contributed by atoms with Crippen molar-refractivity contribution in [2.45, 2.75) is 19.1 Å². The van der Waals surface area contributed by atoms with Crippen molar-refractivity contribution in [2.75, 3.05) is 19.0 Å². The molecule has 0 fully saturated rings. The zero-order valence-electron chi connectivity index (χ0n) is 8.05. The third-order valence-electron chi connectivity index (χ3n) is 1.23. The van der Waals surface area contributed by atoms with E-state index in [0.717, 1.165) is 0 Å². The molecule has 0 saturated carbocycles. The second kappa shape index (κ2) is 9.05. The van der Waals surface area contributed by atoms with Crippen LogP contribution in [0.3, 0.4) is 0 Å². The smallest absolute Gasteiger partial charge is 0.748 e. The maximum atomic E-state index is 10.1. The van der Waals surface area contributed by atoms with Crippen LogP contribution in [0.5, 0.6) is 0 Å². The summed E-state index contributed by atoms with van der Waals surface area (Å²) < 4.78 is 35.0. The zero-order valence-corrected chi connectivity index (χ0v) is 10.9. The number of aliphatic hydroxyl groups excluding tert-OH is 2. The van der Waals surface area contributed by atoms with Crippen LogP contribution >= 0.6 is 0 Å². The van der Waals surface area contributed by atoms with E-state index in [4.69, 9.17) is 10.2 Å². The van der Waals surface area contributed by atoms with E-state index in [0.29, 0.717) is 6.42 Å². The summed E-state index contributed by atoms with van der Waals surface area (Å²) in [6.45, 7) is 0.0726. The van der Waals surface area contributed by atoms with E-state index >= 15 is 0 Å². The molecule has 0 heterocycles. The van der Waals surface area contributed by atoms with Crippen LogP contribution in [0, 0.1) is 0 Å². The van der Waals surface area contributed by atoms with Gasteiger partial charge in [0, 0.05) is 18.8 Å². The van der Waals surface area contributed by atoms with E-state index < -0.39 is 22.2 Å². The Balaban J connectivity index is 0. The minimum absolute atomic E-state index is 0. The molecule has 0 spiro atoms. The van der Waals surface area contributed by atoms with Gasteiger partial charge in [0.1, 0.15) is 0 Å². The number of aliphatic hydroxyl groups is 2. The first kappa shape index (κ1) is 17.2. The third kappa shape index (κ3) is 12.8. The molecule has 80 valence electrons. The van der Waals surface area contributed by atoms with Crippen molar-refractivity contribution < 1.29 is 57.5 Å². The molecule has 0 aromatic heterocycles. The maximum absolute atomic E-state index is 10.1. The fourth-order valence-electron chi connectivity index (χ4n) is 0.612. The normalized spacial score (nSPS) is 13.4. The third-order valence-corrected chi connectivity index (χ3v) is 1.96. The Morgan fingerprint density at radius 2 is 2.00 bits per heavy atom. The second-order valence-corrected chi connectivity index (χ2v) is 3.98. The Hall–Kier alpha value is 0.790. The first-order valence-electron chi connectivity index (χ1n) is 3.80. The summed E-state index contributed by atoms with van der Waals surface area (Å²) >= 11 is 0. The molecule has 8 heteroatoms. The van der Waals surface area contributed by atoms with Gasteiger partial charge in [-0.1, -0.05) is 0 Å². The molecule has 0 bridgehead atoms. The Bertz CT molecular complexity index is 216. The Labute approximate surface area is 105 Å². The van der Waals surface area contributed by atoms with E-state index in [9.17, 15) is 13.0 Å². The van der Waals surface area contributed by atoms with Crippen LogP contribution in [0.1, 0.15) is 12.8 Å². The summed E-state index contributed by atoms with van der Waals surface area (Å²) in [6, 6.07) is 0. The average Bonchev–Trinajstić information content (AvgIpc) is 2.00. The molecule has 0 aliphatic carbocycles. The minimum atomic E-state index is -4.29. The van der Waals surface area contributed by atoms with E-state index in [1.807, 2.05) is 0 Å². The van der Waals surface area contributed by atoms with Crippen molar-refractivity contribution in [1.29, 1.82) is 0 Å². The van der Waals surface area contributed by atoms with Crippen molar-refractivity contribution in [2.24, 2.45) is 0 Å². The second-order valence-electron chi connectivity index (χ2n) is 2.45. The quantitative estimate of drug-likeness (QED) is 0.200. The van der Waals surface area contributed by atoms with Crippen LogP contribution in [0.25, 0.3) is 0 Å². The molecule has 0 aliphatic heterocycles. The van der Waals surface area contributed by atoms with Gasteiger partial charge in [0.25, 0.3) is 0 Å². The van der Waals surface area contributed by atoms with Crippen LogP contribution in [0.15, 0.2) is 0 Å². The number of hydrogen-bond donors (Lipinski definition) is 2. The minimum Gasteiger partial charge on any atom is -0.748 e. The molecule has 0 aromatic carbocycles. The van der Waals surface area contributed by atoms with Crippen molar-refractivity contribution in [3.63, 3.8) is 0 Å². The van der Waals surface area contributed by atoms with E-state index in [1.54, 1.807) is 0 Å². The maximum Gasteiger partial charge on any atom is 1.00 e. The molecule has 0 radical (unpaired) electrons. The van der Waals surface area contributed by atoms with Gasteiger partial charge in [0.2, 0.25) is 0 Å². The van der Waals surface area contributed by atoms with Crippen molar-refractivity contribution in [3.05, 3.63) is 0 Å². The average molecular weight is 236 g/mol. The van der Waals surface area contributed by atoms with Gasteiger partial charge in [-0.25, -0.2) is 8.42 Å². The van der Waals surface area contributed by atoms with Gasteiger partial charge < -0.3 is 19.5 Å². The fraction of sp³-hybridized carbons (Fsp3) is 1.00. The molecule has 1 unspecified atom stereocenters. The summed E-state index contributed by atoms with van der Waals surface area (Å²) in [5.41, 5.74) is 0. The first-order valence-corrected chi connectivity index (χ1v) is 5.37.